The van der Waals surface area contributed by atoms with Crippen LogP contribution in [0.2, 0.25) is 5.02 Å². The predicted molar refractivity (Wildman–Crippen MR) is 98.8 cm³/mol. The van der Waals surface area contributed by atoms with Crippen LogP contribution in [0.3, 0.4) is 0 Å². The van der Waals surface area contributed by atoms with E-state index in [1.165, 1.54) is 0 Å². The van der Waals surface area contributed by atoms with Crippen LogP contribution in [0.5, 0.6) is 5.75 Å². The van der Waals surface area contributed by atoms with Gasteiger partial charge in [-0.05, 0) is 29.8 Å². The second kappa shape index (κ2) is 5.92. The van der Waals surface area contributed by atoms with Crippen molar-refractivity contribution in [3.8, 4) is 11.8 Å². The molecule has 1 unspecified atom stereocenters. The lowest BCUT2D eigenvalue weighted by Crippen LogP contribution is -2.25. The number of nitriles is 1. The normalized spacial score (nSPS) is 16.2. The third kappa shape index (κ3) is 2.47. The molecule has 2 aromatic carbocycles. The highest BCUT2D eigenvalue weighted by molar-refractivity contribution is 7.16. The molecule has 1 aromatic heterocycles. The van der Waals surface area contributed by atoms with E-state index in [2.05, 4.69) is 6.07 Å². The van der Waals surface area contributed by atoms with Crippen molar-refractivity contribution in [2.75, 3.05) is 0 Å². The second-order valence-electron chi connectivity index (χ2n) is 5.60. The fourth-order valence-corrected chi connectivity index (χ4v) is 4.12. The van der Waals surface area contributed by atoms with Gasteiger partial charge in [-0.1, -0.05) is 47.2 Å². The molecule has 2 N–H and O–H groups in total. The van der Waals surface area contributed by atoms with Gasteiger partial charge in [-0.25, -0.2) is 0 Å². The van der Waals surface area contributed by atoms with Gasteiger partial charge in [0.15, 0.2) is 0 Å². The number of hydrogen-bond acceptors (Lipinski definition) is 5. The zero-order chi connectivity index (χ0) is 17.6. The van der Waals surface area contributed by atoms with Crippen LogP contribution in [0.15, 0.2) is 64.8 Å². The van der Waals surface area contributed by atoms with Gasteiger partial charge in [0.05, 0.1) is 11.5 Å². The zero-order valence-corrected chi connectivity index (χ0v) is 14.4. The van der Waals surface area contributed by atoms with Crippen LogP contribution in [0, 0.1) is 11.3 Å². The third-order valence-electron chi connectivity index (χ3n) is 4.18. The molecule has 4 rings (SSSR count). The number of fused-ring (bicyclic) bond motifs is 3. The van der Waals surface area contributed by atoms with Crippen LogP contribution < -0.4 is 15.2 Å². The van der Waals surface area contributed by atoms with Crippen molar-refractivity contribution >= 4 is 33.0 Å². The summed E-state index contributed by atoms with van der Waals surface area (Å²) in [6, 6.07) is 16.6. The van der Waals surface area contributed by atoms with Crippen molar-refractivity contribution < 1.29 is 4.74 Å². The standard InChI is InChI=1S/C19H11ClN2O2S/c20-11-7-5-10(6-8-11)15-13(9-21)18(22)24-17-12-3-1-2-4-14(12)25-19(23)16(15)17/h1-8,15H,22H2. The topological polar surface area (TPSA) is 76.1 Å². The summed E-state index contributed by atoms with van der Waals surface area (Å²) in [6.07, 6.45) is 0. The molecule has 1 aliphatic rings. The van der Waals surface area contributed by atoms with Crippen molar-refractivity contribution in [1.29, 1.82) is 5.26 Å². The monoisotopic (exact) mass is 366 g/mol. The van der Waals surface area contributed by atoms with E-state index in [9.17, 15) is 10.1 Å². The van der Waals surface area contributed by atoms with Gasteiger partial charge in [-0.2, -0.15) is 5.26 Å². The average molecular weight is 367 g/mol. The molecule has 122 valence electrons. The van der Waals surface area contributed by atoms with Crippen LogP contribution >= 0.6 is 22.9 Å². The van der Waals surface area contributed by atoms with Crippen molar-refractivity contribution in [3.05, 3.63) is 85.7 Å². The van der Waals surface area contributed by atoms with Crippen LogP contribution in [-0.4, -0.2) is 0 Å². The molecular weight excluding hydrogens is 356 g/mol. The first-order valence-corrected chi connectivity index (χ1v) is 8.68. The Labute approximate surface area is 152 Å². The van der Waals surface area contributed by atoms with Crippen LogP contribution in [0.1, 0.15) is 17.0 Å². The van der Waals surface area contributed by atoms with Gasteiger partial charge in [-0.3, -0.25) is 4.79 Å². The minimum atomic E-state index is -0.570. The number of allylic oxidation sites excluding steroid dienone is 1. The molecule has 1 aliphatic heterocycles. The highest BCUT2D eigenvalue weighted by atomic mass is 35.5. The van der Waals surface area contributed by atoms with Gasteiger partial charge in [-0.15, -0.1) is 0 Å². The first-order chi connectivity index (χ1) is 12.1. The lowest BCUT2D eigenvalue weighted by Gasteiger charge is -2.26. The molecule has 6 heteroatoms. The fraction of sp³-hybridized carbons (Fsp3) is 0.0526. The molecule has 0 fully saturated rings. The van der Waals surface area contributed by atoms with E-state index in [-0.39, 0.29) is 16.2 Å². The molecular formula is C19H11ClN2O2S. The number of ether oxygens (including phenoxy) is 1. The summed E-state index contributed by atoms with van der Waals surface area (Å²) in [6.45, 7) is 0. The Bertz CT molecular complexity index is 1130. The van der Waals surface area contributed by atoms with E-state index in [1.54, 1.807) is 24.3 Å². The molecule has 25 heavy (non-hydrogen) atoms. The van der Waals surface area contributed by atoms with Gasteiger partial charge in [0.1, 0.15) is 17.4 Å². The van der Waals surface area contributed by atoms with E-state index in [0.717, 1.165) is 27.0 Å². The highest BCUT2D eigenvalue weighted by Gasteiger charge is 2.34. The van der Waals surface area contributed by atoms with E-state index >= 15 is 0 Å². The Morgan fingerprint density at radius 2 is 1.88 bits per heavy atom. The Kier molecular flexibility index (Phi) is 3.72. The molecule has 0 bridgehead atoms. The van der Waals surface area contributed by atoms with Crippen LogP contribution in [-0.2, 0) is 0 Å². The molecule has 0 aliphatic carbocycles. The lowest BCUT2D eigenvalue weighted by atomic mass is 9.84. The van der Waals surface area contributed by atoms with Gasteiger partial charge in [0, 0.05) is 15.1 Å². The lowest BCUT2D eigenvalue weighted by molar-refractivity contribution is 0.398. The molecule has 1 atom stereocenters. The number of nitrogens with zero attached hydrogens (tertiary/aromatic N) is 1. The first kappa shape index (κ1) is 15.7. The van der Waals surface area contributed by atoms with Gasteiger partial charge >= 0.3 is 0 Å². The van der Waals surface area contributed by atoms with E-state index in [4.69, 9.17) is 22.1 Å². The highest BCUT2D eigenvalue weighted by Crippen LogP contribution is 2.44. The van der Waals surface area contributed by atoms with E-state index in [0.29, 0.717) is 16.3 Å². The Balaban J connectivity index is 2.08. The summed E-state index contributed by atoms with van der Waals surface area (Å²) in [7, 11) is 0. The SMILES string of the molecule is N#CC1=C(N)Oc2c(c(=O)sc3ccccc23)C1c1ccc(Cl)cc1. The minimum Gasteiger partial charge on any atom is -0.439 e. The number of benzene rings is 2. The first-order valence-electron chi connectivity index (χ1n) is 7.49. The minimum absolute atomic E-state index is 0.0238. The largest absolute Gasteiger partial charge is 0.439 e. The molecule has 0 amide bonds. The molecule has 0 radical (unpaired) electrons. The number of rotatable bonds is 1. The third-order valence-corrected chi connectivity index (χ3v) is 5.41. The van der Waals surface area contributed by atoms with Crippen molar-refractivity contribution in [2.24, 2.45) is 5.73 Å². The van der Waals surface area contributed by atoms with Gasteiger partial charge in [0.25, 0.3) is 0 Å². The Morgan fingerprint density at radius 3 is 2.60 bits per heavy atom. The van der Waals surface area contributed by atoms with Crippen LogP contribution in [0.4, 0.5) is 0 Å². The maximum Gasteiger partial charge on any atom is 0.240 e. The smallest absolute Gasteiger partial charge is 0.240 e. The maximum atomic E-state index is 12.8. The second-order valence-corrected chi connectivity index (χ2v) is 7.06. The average Bonchev–Trinajstić information content (AvgIpc) is 2.61. The molecule has 0 saturated heterocycles. The Morgan fingerprint density at radius 1 is 1.16 bits per heavy atom. The summed E-state index contributed by atoms with van der Waals surface area (Å²) in [5.41, 5.74) is 7.46. The zero-order valence-electron chi connectivity index (χ0n) is 12.8. The summed E-state index contributed by atoms with van der Waals surface area (Å²) in [5.74, 6) is -0.120. The van der Waals surface area contributed by atoms with Crippen molar-refractivity contribution in [3.63, 3.8) is 0 Å². The maximum absolute atomic E-state index is 12.8. The summed E-state index contributed by atoms with van der Waals surface area (Å²) in [4.78, 5) is 12.8. The number of hydrogen-bond donors (Lipinski definition) is 1. The predicted octanol–water partition coefficient (Wildman–Crippen LogP) is 4.13. The summed E-state index contributed by atoms with van der Waals surface area (Å²) in [5, 5.41) is 11.0. The van der Waals surface area contributed by atoms with Gasteiger partial charge < -0.3 is 10.5 Å². The van der Waals surface area contributed by atoms with Gasteiger partial charge in [0.2, 0.25) is 10.6 Å². The number of halogens is 1. The van der Waals surface area contributed by atoms with Crippen molar-refractivity contribution in [1.82, 2.24) is 0 Å². The number of nitrogens with two attached hydrogens (primary N) is 1. The van der Waals surface area contributed by atoms with Crippen LogP contribution in [0.25, 0.3) is 10.1 Å². The summed E-state index contributed by atoms with van der Waals surface area (Å²) >= 11 is 7.11. The molecule has 0 saturated carbocycles. The Hall–Kier alpha value is -2.81. The van der Waals surface area contributed by atoms with Crippen molar-refractivity contribution in [2.45, 2.75) is 5.92 Å². The fourth-order valence-electron chi connectivity index (χ4n) is 3.05. The molecule has 3 aromatic rings. The summed E-state index contributed by atoms with van der Waals surface area (Å²) < 4.78 is 6.39. The van der Waals surface area contributed by atoms with E-state index in [1.807, 2.05) is 24.3 Å². The van der Waals surface area contributed by atoms with E-state index < -0.39 is 5.92 Å². The molecule has 0 spiro atoms. The quantitative estimate of drug-likeness (QED) is 0.702. The molecule has 2 heterocycles. The molecule has 4 nitrogen and oxygen atoms in total.